The molecule has 4 atom stereocenters. The number of carbonyl (C=O) groups is 1. The van der Waals surface area contributed by atoms with Crippen LogP contribution in [-0.2, 0) is 34.8 Å². The third-order valence-corrected chi connectivity index (χ3v) is 11.6. The van der Waals surface area contributed by atoms with Crippen molar-refractivity contribution in [1.29, 1.82) is 0 Å². The zero-order chi connectivity index (χ0) is 27.8. The first-order chi connectivity index (χ1) is 18.1. The van der Waals surface area contributed by atoms with E-state index in [1.54, 1.807) is 6.92 Å². The molecule has 0 radical (unpaired) electrons. The van der Waals surface area contributed by atoms with Gasteiger partial charge in [-0.05, 0) is 30.6 Å². The summed E-state index contributed by atoms with van der Waals surface area (Å²) in [6.07, 6.45) is -2.09. The number of nitrogens with two attached hydrogens (primary N) is 1. The second-order valence-electron chi connectivity index (χ2n) is 10.9. The Kier molecular flexibility index (Phi) is 10.6. The van der Waals surface area contributed by atoms with Crippen molar-refractivity contribution in [2.75, 3.05) is 13.2 Å². The zero-order valence-corrected chi connectivity index (χ0v) is 24.4. The molecule has 0 aliphatic carbocycles. The number of benzene rings is 2. The van der Waals surface area contributed by atoms with Gasteiger partial charge in [-0.15, -0.1) is 0 Å². The highest BCUT2D eigenvalue weighted by atomic mass is 28.4. The molecule has 0 saturated carbocycles. The number of rotatable bonds is 11. The fourth-order valence-electron chi connectivity index (χ4n) is 3.96. The zero-order valence-electron chi connectivity index (χ0n) is 23.4. The van der Waals surface area contributed by atoms with Gasteiger partial charge in [0.15, 0.2) is 14.6 Å². The Labute approximate surface area is 227 Å². The van der Waals surface area contributed by atoms with Crippen molar-refractivity contribution in [2.45, 2.75) is 83.5 Å². The topological polar surface area (TPSA) is 102 Å². The van der Waals surface area contributed by atoms with Gasteiger partial charge < -0.3 is 29.2 Å². The summed E-state index contributed by atoms with van der Waals surface area (Å²) in [6, 6.07) is 19.6. The van der Waals surface area contributed by atoms with E-state index in [4.69, 9.17) is 29.2 Å². The number of hydrogen-bond donors (Lipinski definition) is 1. The van der Waals surface area contributed by atoms with Crippen molar-refractivity contribution in [3.8, 4) is 0 Å². The van der Waals surface area contributed by atoms with Crippen molar-refractivity contribution < 1.29 is 28.2 Å². The van der Waals surface area contributed by atoms with Crippen molar-refractivity contribution in [3.63, 3.8) is 0 Å². The molecule has 1 heterocycles. The Bertz CT molecular complexity index is 1040. The Hall–Kier alpha value is -2.56. The van der Waals surface area contributed by atoms with Crippen LogP contribution in [0.25, 0.3) is 0 Å². The summed E-state index contributed by atoms with van der Waals surface area (Å²) < 4.78 is 31.2. The molecule has 1 aliphatic rings. The van der Waals surface area contributed by atoms with E-state index in [-0.39, 0.29) is 23.8 Å². The highest BCUT2D eigenvalue weighted by molar-refractivity contribution is 6.74. The van der Waals surface area contributed by atoms with Gasteiger partial charge in [0.25, 0.3) is 0 Å². The monoisotopic (exact) mass is 542 g/mol. The molecule has 1 aliphatic heterocycles. The molecule has 0 aromatic heterocycles. The first kappa shape index (κ1) is 30.0. The summed E-state index contributed by atoms with van der Waals surface area (Å²) in [7, 11) is -2.21. The van der Waals surface area contributed by atoms with Crippen LogP contribution >= 0.6 is 0 Å². The third-order valence-electron chi connectivity index (χ3n) is 7.12. The summed E-state index contributed by atoms with van der Waals surface area (Å²) in [5.74, 6) is 5.07. The normalized spacial score (nSPS) is 21.6. The van der Waals surface area contributed by atoms with Gasteiger partial charge in [-0.2, -0.15) is 5.10 Å². The van der Waals surface area contributed by atoms with E-state index < -0.39 is 38.9 Å². The van der Waals surface area contributed by atoms with Crippen LogP contribution in [0.5, 0.6) is 0 Å². The maximum absolute atomic E-state index is 12.6. The number of hydrogen-bond acceptors (Lipinski definition) is 8. The van der Waals surface area contributed by atoms with E-state index in [1.165, 1.54) is 0 Å². The van der Waals surface area contributed by atoms with E-state index in [0.29, 0.717) is 13.2 Å². The lowest BCUT2D eigenvalue weighted by Crippen LogP contribution is -2.55. The number of carbonyl (C=O) groups excluding carboxylic acids is 1. The quantitative estimate of drug-likeness (QED) is 0.134. The molecule has 38 heavy (non-hydrogen) atoms. The molecule has 3 rings (SSSR count). The molecule has 8 nitrogen and oxygen atoms in total. The van der Waals surface area contributed by atoms with Crippen molar-refractivity contribution in [1.82, 2.24) is 0 Å². The molecular formula is C29H42N2O6Si. The van der Waals surface area contributed by atoms with E-state index in [2.05, 4.69) is 39.0 Å². The maximum Gasteiger partial charge on any atom is 0.354 e. The molecule has 2 aromatic rings. The summed E-state index contributed by atoms with van der Waals surface area (Å²) >= 11 is 0. The average molecular weight is 543 g/mol. The molecule has 1 saturated heterocycles. The van der Waals surface area contributed by atoms with Gasteiger partial charge in [-0.3, -0.25) is 0 Å². The lowest BCUT2D eigenvalue weighted by Gasteiger charge is -2.46. The molecule has 0 amide bonds. The SMILES string of the molecule is CCOC(=O)/C(C[C@@H](OCc1ccccc1)[C@@H]1O[C@H](c2ccccc2)OC[C@H]1O[Si](C)(C)C(C)(C)C)=N\N. The molecule has 1 fully saturated rings. The van der Waals surface area contributed by atoms with E-state index >= 15 is 0 Å². The molecule has 208 valence electrons. The predicted octanol–water partition coefficient (Wildman–Crippen LogP) is 5.34. The van der Waals surface area contributed by atoms with Crippen LogP contribution in [0.2, 0.25) is 18.1 Å². The summed E-state index contributed by atoms with van der Waals surface area (Å²) in [4.78, 5) is 12.6. The Morgan fingerprint density at radius 1 is 1.11 bits per heavy atom. The maximum atomic E-state index is 12.6. The standard InChI is InChI=1S/C29H42N2O6Si/c1-7-33-27(32)23(31-30)18-24(34-19-21-14-10-8-11-15-21)26-25(37-38(5,6)29(2,3)4)20-35-28(36-26)22-16-12-9-13-17-22/h8-17,24-26,28H,7,18-20,30H2,1-6H3/b31-23-/t24-,25-,26+,28-/m1/s1. The average Bonchev–Trinajstić information content (AvgIpc) is 2.89. The van der Waals surface area contributed by atoms with Crippen molar-refractivity contribution in [3.05, 3.63) is 71.8 Å². The first-order valence-electron chi connectivity index (χ1n) is 13.1. The van der Waals surface area contributed by atoms with Gasteiger partial charge in [0.1, 0.15) is 11.8 Å². The summed E-state index contributed by atoms with van der Waals surface area (Å²) in [6.45, 7) is 13.5. The smallest absolute Gasteiger partial charge is 0.354 e. The predicted molar refractivity (Wildman–Crippen MR) is 150 cm³/mol. The number of ether oxygens (including phenoxy) is 4. The molecule has 2 aromatic carbocycles. The van der Waals surface area contributed by atoms with Crippen LogP contribution in [0.4, 0.5) is 0 Å². The second-order valence-corrected chi connectivity index (χ2v) is 15.7. The van der Waals surface area contributed by atoms with Gasteiger partial charge in [0.2, 0.25) is 0 Å². The number of esters is 1. The van der Waals surface area contributed by atoms with Crippen molar-refractivity contribution in [2.24, 2.45) is 10.9 Å². The van der Waals surface area contributed by atoms with E-state index in [1.807, 2.05) is 60.7 Å². The lowest BCUT2D eigenvalue weighted by molar-refractivity contribution is -0.277. The van der Waals surface area contributed by atoms with Crippen LogP contribution < -0.4 is 5.84 Å². The minimum atomic E-state index is -2.21. The van der Waals surface area contributed by atoms with Crippen LogP contribution in [0.1, 0.15) is 51.5 Å². The Morgan fingerprint density at radius 2 is 1.74 bits per heavy atom. The van der Waals surface area contributed by atoms with Crippen LogP contribution in [0, 0.1) is 0 Å². The molecule has 9 heteroatoms. The first-order valence-corrected chi connectivity index (χ1v) is 16.1. The third kappa shape index (κ3) is 7.97. The summed E-state index contributed by atoms with van der Waals surface area (Å²) in [5, 5.41) is 3.73. The lowest BCUT2D eigenvalue weighted by atomic mass is 10.0. The van der Waals surface area contributed by atoms with Gasteiger partial charge in [0.05, 0.1) is 32.0 Å². The summed E-state index contributed by atoms with van der Waals surface area (Å²) in [5.41, 5.74) is 1.97. The van der Waals surface area contributed by atoms with Crippen LogP contribution in [0.15, 0.2) is 65.8 Å². The highest BCUT2D eigenvalue weighted by Crippen LogP contribution is 2.40. The van der Waals surface area contributed by atoms with E-state index in [0.717, 1.165) is 11.1 Å². The Balaban J connectivity index is 1.95. The number of nitrogens with zero attached hydrogens (tertiary/aromatic N) is 1. The second kappa shape index (κ2) is 13.5. The largest absolute Gasteiger partial charge is 0.461 e. The fraction of sp³-hybridized carbons (Fsp3) is 0.517. The van der Waals surface area contributed by atoms with Gasteiger partial charge in [-0.25, -0.2) is 4.79 Å². The minimum Gasteiger partial charge on any atom is -0.461 e. The molecule has 0 spiro atoms. The molecule has 0 bridgehead atoms. The van der Waals surface area contributed by atoms with E-state index in [9.17, 15) is 4.79 Å². The van der Waals surface area contributed by atoms with Gasteiger partial charge >= 0.3 is 5.97 Å². The fourth-order valence-corrected chi connectivity index (χ4v) is 5.27. The van der Waals surface area contributed by atoms with Gasteiger partial charge in [0, 0.05) is 12.0 Å². The van der Waals surface area contributed by atoms with Gasteiger partial charge in [-0.1, -0.05) is 81.4 Å². The van der Waals surface area contributed by atoms with Crippen LogP contribution in [-0.4, -0.2) is 51.5 Å². The molecule has 2 N–H and O–H groups in total. The van der Waals surface area contributed by atoms with Crippen molar-refractivity contribution >= 4 is 20.0 Å². The Morgan fingerprint density at radius 3 is 2.32 bits per heavy atom. The van der Waals surface area contributed by atoms with Crippen LogP contribution in [0.3, 0.4) is 0 Å². The molecule has 0 unspecified atom stereocenters. The minimum absolute atomic E-state index is 0.0248. The number of hydrazone groups is 1. The molecular weight excluding hydrogens is 500 g/mol. The highest BCUT2D eigenvalue weighted by Gasteiger charge is 2.46.